The molecule has 0 radical (unpaired) electrons. The Morgan fingerprint density at radius 3 is 1.45 bits per heavy atom. The van der Waals surface area contributed by atoms with E-state index in [9.17, 15) is 0 Å². The maximum absolute atomic E-state index is 8.85. The first-order chi connectivity index (χ1) is 9.73. The molecule has 20 heavy (non-hydrogen) atoms. The van der Waals surface area contributed by atoms with Gasteiger partial charge in [0, 0.05) is 12.2 Å². The van der Waals surface area contributed by atoms with E-state index in [0.29, 0.717) is 22.9 Å². The Kier molecular flexibility index (Phi) is 3.91. The fourth-order valence-corrected chi connectivity index (χ4v) is 1.88. The molecular weight excluding hydrogens is 256 g/mol. The minimum atomic E-state index is 0.352. The third-order valence-electron chi connectivity index (χ3n) is 2.91. The van der Waals surface area contributed by atoms with E-state index in [-0.39, 0.29) is 0 Å². The molecule has 2 aliphatic carbocycles. The van der Waals surface area contributed by atoms with Gasteiger partial charge in [-0.05, 0) is 35.5 Å². The van der Waals surface area contributed by atoms with Crippen molar-refractivity contribution in [3.63, 3.8) is 0 Å². The zero-order chi connectivity index (χ0) is 14.5. The maximum atomic E-state index is 8.85. The highest BCUT2D eigenvalue weighted by molar-refractivity contribution is 6.06. The van der Waals surface area contributed by atoms with E-state index in [0.717, 1.165) is 11.1 Å². The predicted octanol–water partition coefficient (Wildman–Crippen LogP) is 1.82. The molecule has 0 atom stereocenters. The predicted molar refractivity (Wildman–Crippen MR) is 72.7 cm³/mol. The lowest BCUT2D eigenvalue weighted by atomic mass is 9.97. The Hall–Kier alpha value is -2.94. The fraction of sp³-hybridized carbons (Fsp3) is 0.143. The van der Waals surface area contributed by atoms with Crippen LogP contribution >= 0.6 is 0 Å². The SMILES string of the molecule is COC1=CC(=C2C=CC(=[N+]=[N-])C(OC)=C2)C=CC1=[N+]=[N-]. The molecule has 0 aromatic rings. The third kappa shape index (κ3) is 2.42. The number of ether oxygens (including phenoxy) is 2. The Labute approximate surface area is 115 Å². The first-order valence-electron chi connectivity index (χ1n) is 5.80. The summed E-state index contributed by atoms with van der Waals surface area (Å²) >= 11 is 0. The van der Waals surface area contributed by atoms with Crippen LogP contribution in [0.15, 0.2) is 59.1 Å². The second kappa shape index (κ2) is 5.80. The molecule has 0 aliphatic heterocycles. The van der Waals surface area contributed by atoms with Crippen LogP contribution < -0.4 is 0 Å². The number of hydrogen-bond donors (Lipinski definition) is 0. The van der Waals surface area contributed by atoms with Crippen molar-refractivity contribution in [1.82, 2.24) is 0 Å². The van der Waals surface area contributed by atoms with E-state index in [1.165, 1.54) is 14.2 Å². The van der Waals surface area contributed by atoms with Crippen molar-refractivity contribution in [3.05, 3.63) is 70.2 Å². The van der Waals surface area contributed by atoms with Crippen molar-refractivity contribution < 1.29 is 19.1 Å². The minimum absolute atomic E-state index is 0.352. The summed E-state index contributed by atoms with van der Waals surface area (Å²) < 4.78 is 10.3. The molecule has 2 rings (SSSR count). The Bertz CT molecular complexity index is 635. The average Bonchev–Trinajstić information content (AvgIpc) is 2.53. The van der Waals surface area contributed by atoms with Crippen LogP contribution in [0.3, 0.4) is 0 Å². The summed E-state index contributed by atoms with van der Waals surface area (Å²) in [6, 6.07) is 0. The van der Waals surface area contributed by atoms with Gasteiger partial charge in [-0.15, -0.1) is 0 Å². The van der Waals surface area contributed by atoms with Gasteiger partial charge in [-0.25, -0.2) is 0 Å². The van der Waals surface area contributed by atoms with E-state index < -0.39 is 0 Å². The van der Waals surface area contributed by atoms with E-state index >= 15 is 0 Å². The van der Waals surface area contributed by atoms with Crippen LogP contribution in [0.4, 0.5) is 0 Å². The van der Waals surface area contributed by atoms with Gasteiger partial charge in [0.1, 0.15) is 0 Å². The molecular formula is C14H12N4O2. The molecule has 6 heteroatoms. The number of allylic oxidation sites excluding steroid dienone is 8. The normalized spacial score (nSPS) is 20.9. The number of rotatable bonds is 2. The van der Waals surface area contributed by atoms with Gasteiger partial charge in [0.05, 0.1) is 14.2 Å². The first-order valence-corrected chi connectivity index (χ1v) is 5.80. The van der Waals surface area contributed by atoms with Gasteiger partial charge < -0.3 is 20.5 Å². The van der Waals surface area contributed by atoms with E-state index in [2.05, 4.69) is 9.58 Å². The molecule has 0 fully saturated rings. The van der Waals surface area contributed by atoms with Gasteiger partial charge in [-0.1, -0.05) is 0 Å². The molecule has 2 aliphatic rings. The van der Waals surface area contributed by atoms with Crippen LogP contribution in [0, 0.1) is 0 Å². The number of hydrogen-bond acceptors (Lipinski definition) is 2. The van der Waals surface area contributed by atoms with E-state index in [1.807, 2.05) is 0 Å². The topological polar surface area (TPSA) is 91.3 Å². The molecule has 0 heterocycles. The van der Waals surface area contributed by atoms with Gasteiger partial charge in [-0.3, -0.25) is 0 Å². The second-order valence-electron chi connectivity index (χ2n) is 3.97. The fourth-order valence-electron chi connectivity index (χ4n) is 1.88. The summed E-state index contributed by atoms with van der Waals surface area (Å²) in [4.78, 5) is 6.28. The highest BCUT2D eigenvalue weighted by atomic mass is 16.5. The molecule has 0 aromatic carbocycles. The molecule has 6 nitrogen and oxygen atoms in total. The van der Waals surface area contributed by atoms with Gasteiger partial charge in [0.25, 0.3) is 0 Å². The van der Waals surface area contributed by atoms with Gasteiger partial charge in [0.2, 0.25) is 11.5 Å². The van der Waals surface area contributed by atoms with E-state index in [4.69, 9.17) is 20.5 Å². The van der Waals surface area contributed by atoms with Gasteiger partial charge in [-0.2, -0.15) is 9.58 Å². The van der Waals surface area contributed by atoms with Crippen molar-refractivity contribution in [1.29, 1.82) is 0 Å². The molecule has 0 unspecified atom stereocenters. The molecule has 0 amide bonds. The summed E-state index contributed by atoms with van der Waals surface area (Å²) in [6.45, 7) is 0. The van der Waals surface area contributed by atoms with Crippen molar-refractivity contribution in [2.75, 3.05) is 14.2 Å². The number of methoxy groups -OCH3 is 2. The second-order valence-corrected chi connectivity index (χ2v) is 3.97. The van der Waals surface area contributed by atoms with Crippen molar-refractivity contribution in [2.24, 2.45) is 0 Å². The smallest absolute Gasteiger partial charge is 0.356 e. The molecule has 100 valence electrons. The summed E-state index contributed by atoms with van der Waals surface area (Å²) in [7, 11) is 3.00. The molecule has 0 saturated heterocycles. The zero-order valence-corrected chi connectivity index (χ0v) is 11.1. The lowest BCUT2D eigenvalue weighted by Gasteiger charge is -2.10. The van der Waals surface area contributed by atoms with Crippen LogP contribution in [0.2, 0.25) is 0 Å². The quantitative estimate of drug-likeness (QED) is 0.564. The van der Waals surface area contributed by atoms with Crippen LogP contribution in [0.1, 0.15) is 0 Å². The lowest BCUT2D eigenvalue weighted by Crippen LogP contribution is -2.10. The summed E-state index contributed by atoms with van der Waals surface area (Å²) in [5.41, 5.74) is 20.1. The first kappa shape index (κ1) is 13.5. The van der Waals surface area contributed by atoms with Gasteiger partial charge >= 0.3 is 11.4 Å². The van der Waals surface area contributed by atoms with Crippen molar-refractivity contribution in [3.8, 4) is 0 Å². The Morgan fingerprint density at radius 2 is 1.15 bits per heavy atom. The molecule has 0 bridgehead atoms. The summed E-state index contributed by atoms with van der Waals surface area (Å²) in [5.74, 6) is 0.916. The standard InChI is InChI=1S/C14H12N4O2/c1-19-13-7-9(3-5-11(13)17-15)10-4-6-12(18-16)14(8-10)20-2/h3-8H,1-2H3. The Balaban J connectivity index is 2.51. The highest BCUT2D eigenvalue weighted by Gasteiger charge is 2.21. The monoisotopic (exact) mass is 268 g/mol. The summed E-state index contributed by atoms with van der Waals surface area (Å²) in [5, 5.41) is 0. The van der Waals surface area contributed by atoms with Crippen LogP contribution in [-0.4, -0.2) is 35.2 Å². The highest BCUT2D eigenvalue weighted by Crippen LogP contribution is 2.22. The molecule has 0 N–H and O–H groups in total. The van der Waals surface area contributed by atoms with E-state index in [1.54, 1.807) is 36.5 Å². The maximum Gasteiger partial charge on any atom is 0.356 e. The summed E-state index contributed by atoms with van der Waals surface area (Å²) in [6.07, 6.45) is 10.4. The minimum Gasteiger partial charge on any atom is -0.489 e. The average molecular weight is 268 g/mol. The lowest BCUT2D eigenvalue weighted by molar-refractivity contribution is -0.00720. The zero-order valence-electron chi connectivity index (χ0n) is 11.1. The number of nitrogens with zero attached hydrogens (tertiary/aromatic N) is 4. The van der Waals surface area contributed by atoms with Crippen LogP contribution in [0.5, 0.6) is 0 Å². The molecule has 0 aromatic heterocycles. The van der Waals surface area contributed by atoms with Crippen LogP contribution in [-0.2, 0) is 9.47 Å². The van der Waals surface area contributed by atoms with Crippen molar-refractivity contribution >= 4 is 11.4 Å². The van der Waals surface area contributed by atoms with Gasteiger partial charge in [0.15, 0.2) is 0 Å². The molecule has 0 saturated carbocycles. The Morgan fingerprint density at radius 1 is 0.750 bits per heavy atom. The third-order valence-corrected chi connectivity index (χ3v) is 2.91. The molecule has 0 spiro atoms. The largest absolute Gasteiger partial charge is 0.489 e. The van der Waals surface area contributed by atoms with Crippen molar-refractivity contribution in [2.45, 2.75) is 0 Å². The van der Waals surface area contributed by atoms with Crippen LogP contribution in [0.25, 0.3) is 11.1 Å².